The smallest absolute Gasteiger partial charge is 0.0624 e. The highest BCUT2D eigenvalue weighted by Crippen LogP contribution is 2.48. The third-order valence-corrected chi connectivity index (χ3v) is 8.02. The number of hydrogen-bond acceptors (Lipinski definition) is 1. The van der Waals surface area contributed by atoms with Crippen molar-refractivity contribution in [2.45, 2.75) is 58.2 Å². The summed E-state index contributed by atoms with van der Waals surface area (Å²) < 4.78 is 0. The molecule has 1 N–H and O–H groups in total. The van der Waals surface area contributed by atoms with Crippen LogP contribution in [0.4, 0.5) is 0 Å². The quantitative estimate of drug-likeness (QED) is 0.820. The molecule has 1 aromatic carbocycles. The van der Waals surface area contributed by atoms with E-state index in [9.17, 15) is 0 Å². The summed E-state index contributed by atoms with van der Waals surface area (Å²) in [6.07, 6.45) is 8.79. The number of benzene rings is 1. The summed E-state index contributed by atoms with van der Waals surface area (Å²) in [4.78, 5) is 0. The van der Waals surface area contributed by atoms with Crippen LogP contribution in [0, 0.1) is 5.41 Å². The first-order valence-electron chi connectivity index (χ1n) is 8.32. The average Bonchev–Trinajstić information content (AvgIpc) is 2.90. The molecule has 0 aliphatic heterocycles. The lowest BCUT2D eigenvalue weighted by Crippen LogP contribution is -2.63. The van der Waals surface area contributed by atoms with Gasteiger partial charge in [-0.3, -0.25) is 0 Å². The van der Waals surface area contributed by atoms with Gasteiger partial charge in [0.25, 0.3) is 0 Å². The Labute approximate surface area is 138 Å². The number of rotatable bonds is 5. The second-order valence-electron chi connectivity index (χ2n) is 8.36. The summed E-state index contributed by atoms with van der Waals surface area (Å²) in [7, 11) is -0.416. The Hall–Kier alpha value is -1.12. The summed E-state index contributed by atoms with van der Waals surface area (Å²) in [5.74, 6) is 0. The van der Waals surface area contributed by atoms with Crippen molar-refractivity contribution in [2.24, 2.45) is 5.41 Å². The van der Waals surface area contributed by atoms with Crippen LogP contribution in [0.3, 0.4) is 0 Å². The van der Waals surface area contributed by atoms with Crippen molar-refractivity contribution in [3.63, 3.8) is 0 Å². The molecule has 0 saturated carbocycles. The lowest BCUT2D eigenvalue weighted by Gasteiger charge is -2.54. The summed E-state index contributed by atoms with van der Waals surface area (Å²) >= 11 is 0. The molecule has 22 heavy (non-hydrogen) atoms. The molecule has 1 unspecified atom stereocenters. The van der Waals surface area contributed by atoms with Crippen molar-refractivity contribution in [1.82, 2.24) is 5.32 Å². The summed E-state index contributed by atoms with van der Waals surface area (Å²) in [5, 5.41) is 5.76. The van der Waals surface area contributed by atoms with Crippen molar-refractivity contribution >= 4 is 14.7 Å². The molecule has 1 aromatic rings. The van der Waals surface area contributed by atoms with E-state index in [4.69, 9.17) is 0 Å². The zero-order valence-electron chi connectivity index (χ0n) is 15.0. The van der Waals surface area contributed by atoms with Crippen molar-refractivity contribution in [1.29, 1.82) is 0 Å². The van der Waals surface area contributed by atoms with E-state index in [0.29, 0.717) is 6.04 Å². The van der Waals surface area contributed by atoms with Crippen LogP contribution in [0.25, 0.3) is 0 Å². The van der Waals surface area contributed by atoms with E-state index < -0.39 is 9.52 Å². The summed E-state index contributed by atoms with van der Waals surface area (Å²) in [5.41, 5.74) is 0.244. The fourth-order valence-corrected chi connectivity index (χ4v) is 6.09. The first kappa shape index (κ1) is 17.2. The van der Waals surface area contributed by atoms with E-state index in [1.807, 2.05) is 0 Å². The molecule has 1 atom stereocenters. The molecule has 1 nitrogen and oxygen atoms in total. The summed E-state index contributed by atoms with van der Waals surface area (Å²) in [6, 6.07) is 11.4. The van der Waals surface area contributed by atoms with E-state index >= 15 is 0 Å². The zero-order chi connectivity index (χ0) is 16.4. The van der Waals surface area contributed by atoms with Gasteiger partial charge in [0.15, 0.2) is 0 Å². The molecular formula is C20H31NSi. The predicted octanol–water partition coefficient (Wildman–Crippen LogP) is 3.57. The van der Waals surface area contributed by atoms with Gasteiger partial charge in [0.1, 0.15) is 0 Å². The molecule has 0 heterocycles. The van der Waals surface area contributed by atoms with Gasteiger partial charge in [0, 0.05) is 11.6 Å². The summed E-state index contributed by atoms with van der Waals surface area (Å²) in [6.45, 7) is 14.4. The van der Waals surface area contributed by atoms with Crippen LogP contribution < -0.4 is 10.5 Å². The van der Waals surface area contributed by atoms with Gasteiger partial charge in [-0.2, -0.15) is 0 Å². The molecular weight excluding hydrogens is 282 g/mol. The second kappa shape index (κ2) is 6.17. The lowest BCUT2D eigenvalue weighted by molar-refractivity contribution is 0.108. The van der Waals surface area contributed by atoms with Gasteiger partial charge in [0.2, 0.25) is 0 Å². The van der Waals surface area contributed by atoms with E-state index in [1.54, 1.807) is 5.19 Å². The van der Waals surface area contributed by atoms with Crippen LogP contribution in [0.2, 0.25) is 5.04 Å². The average molecular weight is 314 g/mol. The molecule has 0 amide bonds. The first-order valence-corrected chi connectivity index (χ1v) is 9.74. The normalized spacial score (nSPS) is 19.2. The molecule has 120 valence electrons. The maximum atomic E-state index is 3.95. The lowest BCUT2D eigenvalue weighted by atomic mass is 9.67. The van der Waals surface area contributed by atoms with E-state index in [-0.39, 0.29) is 16.0 Å². The maximum absolute atomic E-state index is 3.95. The molecule has 0 aromatic heterocycles. The Morgan fingerprint density at radius 3 is 1.91 bits per heavy atom. The molecule has 0 spiro atoms. The van der Waals surface area contributed by atoms with Crippen LogP contribution in [0.1, 0.15) is 41.5 Å². The predicted molar refractivity (Wildman–Crippen MR) is 102 cm³/mol. The Balaban J connectivity index is 2.30. The largest absolute Gasteiger partial charge is 0.301 e. The third kappa shape index (κ3) is 3.44. The van der Waals surface area contributed by atoms with Gasteiger partial charge in [-0.05, 0) is 17.4 Å². The highest BCUT2D eigenvalue weighted by Gasteiger charge is 2.49. The van der Waals surface area contributed by atoms with Crippen LogP contribution >= 0.6 is 0 Å². The molecule has 0 radical (unpaired) electrons. The molecule has 0 saturated heterocycles. The van der Waals surface area contributed by atoms with Gasteiger partial charge >= 0.3 is 0 Å². The highest BCUT2D eigenvalue weighted by molar-refractivity contribution is 6.57. The third-order valence-electron chi connectivity index (χ3n) is 5.55. The van der Waals surface area contributed by atoms with Gasteiger partial charge in [-0.1, -0.05) is 94.4 Å². The Bertz CT molecular complexity index is 539. The van der Waals surface area contributed by atoms with Crippen molar-refractivity contribution in [2.75, 3.05) is 0 Å². The minimum absolute atomic E-state index is 0.0613. The van der Waals surface area contributed by atoms with Crippen LogP contribution in [-0.2, 0) is 0 Å². The maximum Gasteiger partial charge on any atom is 0.0624 e. The van der Waals surface area contributed by atoms with Gasteiger partial charge < -0.3 is 5.32 Å². The Morgan fingerprint density at radius 2 is 1.41 bits per heavy atom. The van der Waals surface area contributed by atoms with E-state index in [1.165, 1.54) is 0 Å². The highest BCUT2D eigenvalue weighted by atomic mass is 28.2. The number of nitrogens with one attached hydrogen (secondary N) is 1. The van der Waals surface area contributed by atoms with Gasteiger partial charge in [-0.25, -0.2) is 0 Å². The SMILES string of the molecule is CC(C)(C)C(C)(NC1C=CC=C1)C(C)(C)[SiH2]c1ccccc1. The number of hydrogen-bond donors (Lipinski definition) is 1. The second-order valence-corrected chi connectivity index (χ2v) is 11.3. The van der Waals surface area contributed by atoms with Crippen LogP contribution in [0.5, 0.6) is 0 Å². The van der Waals surface area contributed by atoms with Crippen molar-refractivity contribution in [3.8, 4) is 0 Å². The van der Waals surface area contributed by atoms with Crippen LogP contribution in [-0.4, -0.2) is 21.1 Å². The molecule has 1 aliphatic rings. The zero-order valence-corrected chi connectivity index (χ0v) is 16.4. The Kier molecular flexibility index (Phi) is 4.83. The molecule has 2 rings (SSSR count). The fraction of sp³-hybridized carbons (Fsp3) is 0.500. The van der Waals surface area contributed by atoms with Gasteiger partial charge in [0.05, 0.1) is 9.52 Å². The van der Waals surface area contributed by atoms with E-state index in [2.05, 4.69) is 101 Å². The fourth-order valence-electron chi connectivity index (χ4n) is 3.57. The minimum atomic E-state index is -0.416. The number of allylic oxidation sites excluding steroid dienone is 2. The van der Waals surface area contributed by atoms with Crippen LogP contribution in [0.15, 0.2) is 54.6 Å². The van der Waals surface area contributed by atoms with Crippen molar-refractivity contribution < 1.29 is 0 Å². The minimum Gasteiger partial charge on any atom is -0.301 e. The molecule has 1 aliphatic carbocycles. The topological polar surface area (TPSA) is 12.0 Å². The van der Waals surface area contributed by atoms with E-state index in [0.717, 1.165) is 0 Å². The Morgan fingerprint density at radius 1 is 0.864 bits per heavy atom. The monoisotopic (exact) mass is 313 g/mol. The molecule has 2 heteroatoms. The first-order chi connectivity index (χ1) is 10.2. The standard InChI is InChI=1S/C20H31NSi/c1-18(2,3)20(6,21-16-12-10-11-13-16)19(4,5)22-17-14-8-7-9-15-17/h7-16,21H,22H2,1-6H3. The van der Waals surface area contributed by atoms with Gasteiger partial charge in [-0.15, -0.1) is 0 Å². The molecule has 0 bridgehead atoms. The van der Waals surface area contributed by atoms with Crippen molar-refractivity contribution in [3.05, 3.63) is 54.6 Å². The molecule has 0 fully saturated rings.